The van der Waals surface area contributed by atoms with Crippen molar-refractivity contribution in [1.29, 1.82) is 0 Å². The summed E-state index contributed by atoms with van der Waals surface area (Å²) in [4.78, 5) is 12.4. The molecule has 5 heterocycles. The number of aryl methyl sites for hydroxylation is 2. The first-order valence-corrected chi connectivity index (χ1v) is 11.3. The Morgan fingerprint density at radius 3 is 2.41 bits per heavy atom. The van der Waals surface area contributed by atoms with E-state index in [2.05, 4.69) is 11.8 Å². The molecule has 2 aromatic rings. The molecule has 0 radical (unpaired) electrons. The Balaban J connectivity index is 0.000000994. The van der Waals surface area contributed by atoms with Gasteiger partial charge in [-0.25, -0.2) is 14.6 Å². The van der Waals surface area contributed by atoms with Gasteiger partial charge in [-0.05, 0) is 57.8 Å². The summed E-state index contributed by atoms with van der Waals surface area (Å²) < 4.78 is 13.6. The summed E-state index contributed by atoms with van der Waals surface area (Å²) in [7, 11) is 0. The van der Waals surface area contributed by atoms with Crippen LogP contribution in [-0.2, 0) is 9.47 Å². The molecule has 1 spiro atoms. The first-order chi connectivity index (χ1) is 14.2. The van der Waals surface area contributed by atoms with E-state index in [1.165, 1.54) is 25.7 Å². The Kier molecular flexibility index (Phi) is 6.06. The molecule has 3 saturated heterocycles. The number of fused-ring (bicyclic) bond motifs is 1. The van der Waals surface area contributed by atoms with Crippen LogP contribution in [-0.4, -0.2) is 52.7 Å². The topological polar surface area (TPSA) is 65.3 Å². The van der Waals surface area contributed by atoms with Gasteiger partial charge in [-0.1, -0.05) is 13.8 Å². The number of nitrogens with zero attached hydrogens (tertiary/aromatic N) is 5. The van der Waals surface area contributed by atoms with Gasteiger partial charge in [0.15, 0.2) is 17.7 Å². The Labute approximate surface area is 173 Å². The van der Waals surface area contributed by atoms with Gasteiger partial charge in [0.2, 0.25) is 0 Å². The number of hydrogen-bond acceptors (Lipinski definition) is 6. The highest BCUT2D eigenvalue weighted by molar-refractivity contribution is 5.76. The van der Waals surface area contributed by atoms with Crippen LogP contribution in [0.25, 0.3) is 11.2 Å². The molecule has 0 aromatic carbocycles. The molecule has 1 unspecified atom stereocenters. The molecule has 1 atom stereocenters. The molecule has 0 N–H and O–H groups in total. The summed E-state index contributed by atoms with van der Waals surface area (Å²) in [5, 5.41) is 4.73. The minimum absolute atomic E-state index is 0.0138. The molecule has 5 rings (SSSR count). The zero-order valence-corrected chi connectivity index (χ0v) is 18.4. The minimum atomic E-state index is -0.0138. The van der Waals surface area contributed by atoms with E-state index >= 15 is 0 Å². The van der Waals surface area contributed by atoms with Gasteiger partial charge in [0, 0.05) is 26.3 Å². The van der Waals surface area contributed by atoms with Crippen LogP contribution in [0, 0.1) is 19.3 Å². The highest BCUT2D eigenvalue weighted by Gasteiger charge is 2.38. The fraction of sp³-hybridized carbons (Fsp3) is 0.773. The lowest BCUT2D eigenvalue weighted by Crippen LogP contribution is -2.41. The number of anilines is 1. The molecule has 0 aliphatic carbocycles. The summed E-state index contributed by atoms with van der Waals surface area (Å²) in [6.07, 6.45) is 6.84. The summed E-state index contributed by atoms with van der Waals surface area (Å²) in [5.74, 6) is 1.01. The lowest BCUT2D eigenvalue weighted by atomic mass is 9.78. The van der Waals surface area contributed by atoms with Crippen LogP contribution in [0.1, 0.15) is 70.0 Å². The van der Waals surface area contributed by atoms with Crippen molar-refractivity contribution in [2.24, 2.45) is 5.41 Å². The number of hydrogen-bond donors (Lipinski definition) is 0. The van der Waals surface area contributed by atoms with Crippen LogP contribution in [0.4, 0.5) is 5.82 Å². The maximum absolute atomic E-state index is 5.97. The van der Waals surface area contributed by atoms with Crippen LogP contribution in [0.15, 0.2) is 0 Å². The Bertz CT molecular complexity index is 827. The Hall–Kier alpha value is -1.73. The second-order valence-electron chi connectivity index (χ2n) is 8.45. The molecule has 29 heavy (non-hydrogen) atoms. The molecule has 3 aliphatic rings. The molecule has 0 amide bonds. The predicted molar refractivity (Wildman–Crippen MR) is 114 cm³/mol. The molecule has 160 valence electrons. The molecule has 0 saturated carbocycles. The van der Waals surface area contributed by atoms with Crippen LogP contribution in [0.5, 0.6) is 0 Å². The number of piperidine rings is 1. The summed E-state index contributed by atoms with van der Waals surface area (Å²) >= 11 is 0. The second kappa shape index (κ2) is 8.56. The van der Waals surface area contributed by atoms with Crippen molar-refractivity contribution in [3.8, 4) is 0 Å². The van der Waals surface area contributed by atoms with Gasteiger partial charge in [-0.2, -0.15) is 5.10 Å². The van der Waals surface area contributed by atoms with Crippen LogP contribution >= 0.6 is 0 Å². The van der Waals surface area contributed by atoms with Crippen LogP contribution in [0.3, 0.4) is 0 Å². The number of ether oxygens (including phenoxy) is 2. The molecule has 7 nitrogen and oxygen atoms in total. The summed E-state index contributed by atoms with van der Waals surface area (Å²) in [6, 6.07) is 0. The first-order valence-electron chi connectivity index (χ1n) is 11.3. The Morgan fingerprint density at radius 2 is 1.76 bits per heavy atom. The average Bonchev–Trinajstić information content (AvgIpc) is 3.35. The fourth-order valence-corrected chi connectivity index (χ4v) is 4.81. The van der Waals surface area contributed by atoms with E-state index in [1.54, 1.807) is 0 Å². The highest BCUT2D eigenvalue weighted by atomic mass is 16.5. The van der Waals surface area contributed by atoms with Gasteiger partial charge in [0.1, 0.15) is 5.52 Å². The van der Waals surface area contributed by atoms with Crippen molar-refractivity contribution in [1.82, 2.24) is 19.7 Å². The lowest BCUT2D eigenvalue weighted by molar-refractivity contribution is -0.0371. The van der Waals surface area contributed by atoms with Crippen molar-refractivity contribution in [2.45, 2.75) is 72.4 Å². The third-order valence-corrected chi connectivity index (χ3v) is 6.58. The zero-order chi connectivity index (χ0) is 20.4. The molecule has 0 bridgehead atoms. The van der Waals surface area contributed by atoms with E-state index in [0.29, 0.717) is 5.41 Å². The minimum Gasteiger partial charge on any atom is -0.381 e. The van der Waals surface area contributed by atoms with Gasteiger partial charge in [0.25, 0.3) is 0 Å². The second-order valence-corrected chi connectivity index (χ2v) is 8.45. The standard InChI is InChI=1S/C20H29N5O2.C2H6/c1-14-17-19(25(23-14)16-5-3-4-11-27-16)22-18(15(2)21-17)24-9-6-20(7-10-24)8-12-26-13-20;1-2/h16H,3-13H2,1-2H3;1-2H3. The van der Waals surface area contributed by atoms with Crippen molar-refractivity contribution in [3.05, 3.63) is 11.4 Å². The fourth-order valence-electron chi connectivity index (χ4n) is 4.81. The van der Waals surface area contributed by atoms with E-state index in [9.17, 15) is 0 Å². The van der Waals surface area contributed by atoms with Crippen LogP contribution < -0.4 is 4.90 Å². The van der Waals surface area contributed by atoms with Gasteiger partial charge in [-0.15, -0.1) is 0 Å². The van der Waals surface area contributed by atoms with Crippen molar-refractivity contribution in [2.75, 3.05) is 37.8 Å². The van der Waals surface area contributed by atoms with Gasteiger partial charge < -0.3 is 14.4 Å². The third kappa shape index (κ3) is 3.87. The highest BCUT2D eigenvalue weighted by Crippen LogP contribution is 2.40. The Morgan fingerprint density at radius 1 is 0.966 bits per heavy atom. The van der Waals surface area contributed by atoms with Crippen LogP contribution in [0.2, 0.25) is 0 Å². The molecule has 3 fully saturated rings. The van der Waals surface area contributed by atoms with E-state index in [0.717, 1.165) is 74.1 Å². The maximum Gasteiger partial charge on any atom is 0.181 e. The SMILES string of the molecule is CC.Cc1nc2c(C)nn(C3CCCCO3)c2nc1N1CCC2(CCOC2)CC1. The van der Waals surface area contributed by atoms with E-state index in [1.807, 2.05) is 25.5 Å². The number of rotatable bonds is 2. The van der Waals surface area contributed by atoms with Crippen molar-refractivity contribution < 1.29 is 9.47 Å². The average molecular weight is 402 g/mol. The third-order valence-electron chi connectivity index (χ3n) is 6.58. The van der Waals surface area contributed by atoms with Crippen molar-refractivity contribution >= 4 is 17.0 Å². The van der Waals surface area contributed by atoms with E-state index < -0.39 is 0 Å². The quantitative estimate of drug-likeness (QED) is 0.752. The largest absolute Gasteiger partial charge is 0.381 e. The molecule has 7 heteroatoms. The smallest absolute Gasteiger partial charge is 0.181 e. The monoisotopic (exact) mass is 401 g/mol. The number of aromatic nitrogens is 4. The molecular formula is C22H35N5O2. The zero-order valence-electron chi connectivity index (χ0n) is 18.4. The van der Waals surface area contributed by atoms with Gasteiger partial charge in [-0.3, -0.25) is 0 Å². The maximum atomic E-state index is 5.97. The van der Waals surface area contributed by atoms with E-state index in [-0.39, 0.29) is 6.23 Å². The van der Waals surface area contributed by atoms with Gasteiger partial charge >= 0.3 is 0 Å². The normalized spacial score (nSPS) is 24.0. The first kappa shape index (κ1) is 20.5. The predicted octanol–water partition coefficient (Wildman–Crippen LogP) is 4.18. The molecule has 2 aromatic heterocycles. The molecular weight excluding hydrogens is 366 g/mol. The van der Waals surface area contributed by atoms with E-state index in [4.69, 9.17) is 24.5 Å². The van der Waals surface area contributed by atoms with Crippen molar-refractivity contribution in [3.63, 3.8) is 0 Å². The summed E-state index contributed by atoms with van der Waals surface area (Å²) in [5.41, 5.74) is 4.10. The lowest BCUT2D eigenvalue weighted by Gasteiger charge is -2.39. The summed E-state index contributed by atoms with van der Waals surface area (Å²) in [6.45, 7) is 12.8. The molecule has 3 aliphatic heterocycles. The van der Waals surface area contributed by atoms with Gasteiger partial charge in [0.05, 0.1) is 18.0 Å².